The van der Waals surface area contributed by atoms with E-state index in [9.17, 15) is 18.0 Å². The minimum atomic E-state index is -3.68. The minimum Gasteiger partial charge on any atom is -0.343 e. The lowest BCUT2D eigenvalue weighted by Gasteiger charge is -2.30. The van der Waals surface area contributed by atoms with E-state index in [0.717, 1.165) is 48.3 Å². The summed E-state index contributed by atoms with van der Waals surface area (Å²) in [5.41, 5.74) is 3.53. The zero-order valence-corrected chi connectivity index (χ0v) is 20.7. The van der Waals surface area contributed by atoms with E-state index < -0.39 is 10.0 Å². The summed E-state index contributed by atoms with van der Waals surface area (Å²) < 4.78 is 28.4. The number of rotatable bonds is 7. The normalized spacial score (nSPS) is 16.5. The molecule has 4 rings (SSSR count). The van der Waals surface area contributed by atoms with Gasteiger partial charge >= 0.3 is 0 Å². The van der Waals surface area contributed by atoms with Crippen molar-refractivity contribution in [1.82, 2.24) is 9.62 Å². The number of fused-ring (bicyclic) bond motifs is 1. The number of hydrogen-bond acceptors (Lipinski definition) is 4. The molecule has 2 aliphatic rings. The average molecular weight is 484 g/mol. The molecule has 0 bridgehead atoms. The first-order valence-corrected chi connectivity index (χ1v) is 13.5. The molecule has 2 heterocycles. The topological polar surface area (TPSA) is 86.8 Å². The minimum absolute atomic E-state index is 0.0424. The van der Waals surface area contributed by atoms with Gasteiger partial charge in [0.2, 0.25) is 21.8 Å². The van der Waals surface area contributed by atoms with Crippen LogP contribution in [0.3, 0.4) is 0 Å². The number of hydrogen-bond donors (Lipinski definition) is 1. The summed E-state index contributed by atoms with van der Waals surface area (Å²) in [4.78, 5) is 29.1. The molecule has 0 spiro atoms. The number of sulfonamides is 1. The fourth-order valence-electron chi connectivity index (χ4n) is 4.63. The number of anilines is 1. The predicted octanol–water partition coefficient (Wildman–Crippen LogP) is 3.40. The summed E-state index contributed by atoms with van der Waals surface area (Å²) >= 11 is 0. The number of likely N-dealkylation sites (tertiary alicyclic amines) is 1. The lowest BCUT2D eigenvalue weighted by Crippen LogP contribution is -2.38. The Balaban J connectivity index is 1.36. The van der Waals surface area contributed by atoms with E-state index >= 15 is 0 Å². The van der Waals surface area contributed by atoms with Gasteiger partial charge in [-0.25, -0.2) is 13.1 Å². The Morgan fingerprint density at radius 2 is 1.71 bits per heavy atom. The summed E-state index contributed by atoms with van der Waals surface area (Å²) in [6.07, 6.45) is 3.02. The summed E-state index contributed by atoms with van der Waals surface area (Å²) in [6.45, 7) is 6.43. The molecule has 7 nitrogen and oxygen atoms in total. The van der Waals surface area contributed by atoms with Gasteiger partial charge in [-0.15, -0.1) is 0 Å². The molecule has 0 saturated carbocycles. The number of carbonyl (C=O) groups excluding carboxylic acids is 2. The first-order valence-electron chi connectivity index (χ1n) is 12.0. The van der Waals surface area contributed by atoms with Crippen molar-refractivity contribution in [2.45, 2.75) is 57.4 Å². The van der Waals surface area contributed by atoms with E-state index in [1.54, 1.807) is 23.1 Å². The van der Waals surface area contributed by atoms with Gasteiger partial charge in [0.1, 0.15) is 0 Å². The van der Waals surface area contributed by atoms with Gasteiger partial charge in [-0.3, -0.25) is 9.59 Å². The van der Waals surface area contributed by atoms with Gasteiger partial charge in [0, 0.05) is 44.7 Å². The smallest absolute Gasteiger partial charge is 0.240 e. The van der Waals surface area contributed by atoms with Crippen LogP contribution in [0.25, 0.3) is 0 Å². The van der Waals surface area contributed by atoms with Crippen LogP contribution in [0.1, 0.15) is 49.3 Å². The first-order chi connectivity index (χ1) is 16.2. The van der Waals surface area contributed by atoms with Gasteiger partial charge in [-0.05, 0) is 67.0 Å². The fraction of sp³-hybridized carbons (Fsp3) is 0.462. The highest BCUT2D eigenvalue weighted by atomic mass is 32.2. The molecule has 0 atom stereocenters. The molecule has 2 aromatic rings. The molecule has 2 aliphatic heterocycles. The first kappa shape index (κ1) is 24.4. The maximum absolute atomic E-state index is 12.8. The van der Waals surface area contributed by atoms with Crippen LogP contribution in [0.4, 0.5) is 5.69 Å². The third kappa shape index (κ3) is 5.50. The van der Waals surface area contributed by atoms with Crippen LogP contribution in [0.5, 0.6) is 0 Å². The molecule has 182 valence electrons. The van der Waals surface area contributed by atoms with Gasteiger partial charge in [0.05, 0.1) is 4.90 Å². The van der Waals surface area contributed by atoms with E-state index in [1.165, 1.54) is 0 Å². The molecule has 1 fully saturated rings. The van der Waals surface area contributed by atoms with Crippen LogP contribution >= 0.6 is 0 Å². The highest BCUT2D eigenvalue weighted by Gasteiger charge is 2.28. The Hall–Kier alpha value is -2.71. The van der Waals surface area contributed by atoms with Crippen LogP contribution in [0.15, 0.2) is 47.4 Å². The van der Waals surface area contributed by atoms with E-state index in [-0.39, 0.29) is 36.1 Å². The molecule has 0 radical (unpaired) electrons. The Bertz CT molecular complexity index is 1170. The third-order valence-electron chi connectivity index (χ3n) is 6.96. The van der Waals surface area contributed by atoms with Crippen molar-refractivity contribution in [2.24, 2.45) is 5.92 Å². The molecular formula is C26H33N3O4S. The van der Waals surface area contributed by atoms with Gasteiger partial charge in [0.25, 0.3) is 0 Å². The summed E-state index contributed by atoms with van der Waals surface area (Å²) in [5.74, 6) is 0.602. The van der Waals surface area contributed by atoms with Crippen LogP contribution < -0.4 is 9.62 Å². The zero-order valence-electron chi connectivity index (χ0n) is 19.9. The second kappa shape index (κ2) is 10.3. The van der Waals surface area contributed by atoms with Crippen LogP contribution in [0.2, 0.25) is 0 Å². The molecular weight excluding hydrogens is 450 g/mol. The van der Waals surface area contributed by atoms with Gasteiger partial charge < -0.3 is 9.80 Å². The standard InChI is InChI=1S/C26H33N3O4S/c1-19-11-14-28(15-12-19)25(30)9-10-26(31)29-16-13-21-17-23(7-8-24(21)29)34(32,33)27-18-22-6-4-3-5-20(22)2/h3-8,17,19,27H,9-16,18H2,1-2H3. The average Bonchev–Trinajstić information content (AvgIpc) is 3.26. The Morgan fingerprint density at radius 3 is 2.44 bits per heavy atom. The van der Waals surface area contributed by atoms with Crippen molar-refractivity contribution in [3.05, 3.63) is 59.2 Å². The maximum atomic E-state index is 12.8. The molecule has 0 aromatic heterocycles. The van der Waals surface area contributed by atoms with Crippen LogP contribution in [0, 0.1) is 12.8 Å². The van der Waals surface area contributed by atoms with E-state index in [0.29, 0.717) is 18.9 Å². The molecule has 1 saturated heterocycles. The monoisotopic (exact) mass is 483 g/mol. The number of nitrogens with zero attached hydrogens (tertiary/aromatic N) is 2. The highest BCUT2D eigenvalue weighted by Crippen LogP contribution is 2.31. The SMILES string of the molecule is Cc1ccccc1CNS(=O)(=O)c1ccc2c(c1)CCN2C(=O)CCC(=O)N1CCC(C)CC1. The second-order valence-electron chi connectivity index (χ2n) is 9.40. The lowest BCUT2D eigenvalue weighted by molar-refractivity contribution is -0.134. The highest BCUT2D eigenvalue weighted by molar-refractivity contribution is 7.89. The van der Waals surface area contributed by atoms with Crippen molar-refractivity contribution >= 4 is 27.5 Å². The van der Waals surface area contributed by atoms with Crippen LogP contribution in [-0.2, 0) is 32.6 Å². The second-order valence-corrected chi connectivity index (χ2v) is 11.2. The number of piperidine rings is 1. The van der Waals surface area contributed by atoms with E-state index in [4.69, 9.17) is 0 Å². The van der Waals surface area contributed by atoms with Crippen molar-refractivity contribution < 1.29 is 18.0 Å². The molecule has 0 unspecified atom stereocenters. The zero-order chi connectivity index (χ0) is 24.3. The largest absolute Gasteiger partial charge is 0.343 e. The number of carbonyl (C=O) groups is 2. The lowest BCUT2D eigenvalue weighted by atomic mass is 9.99. The summed E-state index contributed by atoms with van der Waals surface area (Å²) in [5, 5.41) is 0. The number of nitrogens with one attached hydrogen (secondary N) is 1. The summed E-state index contributed by atoms with van der Waals surface area (Å²) in [6, 6.07) is 12.6. The molecule has 2 aromatic carbocycles. The molecule has 1 N–H and O–H groups in total. The molecule has 34 heavy (non-hydrogen) atoms. The number of benzene rings is 2. The van der Waals surface area contributed by atoms with Crippen molar-refractivity contribution in [3.63, 3.8) is 0 Å². The van der Waals surface area contributed by atoms with E-state index in [2.05, 4.69) is 11.6 Å². The van der Waals surface area contributed by atoms with Gasteiger partial charge in [0.15, 0.2) is 0 Å². The van der Waals surface area contributed by atoms with Crippen molar-refractivity contribution in [2.75, 3.05) is 24.5 Å². The van der Waals surface area contributed by atoms with Gasteiger partial charge in [-0.1, -0.05) is 31.2 Å². The molecule has 2 amide bonds. The molecule has 0 aliphatic carbocycles. The van der Waals surface area contributed by atoms with Gasteiger partial charge in [-0.2, -0.15) is 0 Å². The number of amides is 2. The number of aryl methyl sites for hydroxylation is 1. The molecule has 8 heteroatoms. The summed E-state index contributed by atoms with van der Waals surface area (Å²) in [7, 11) is -3.68. The van der Waals surface area contributed by atoms with Crippen LogP contribution in [-0.4, -0.2) is 44.8 Å². The quantitative estimate of drug-likeness (QED) is 0.654. The predicted molar refractivity (Wildman–Crippen MR) is 132 cm³/mol. The maximum Gasteiger partial charge on any atom is 0.240 e. The van der Waals surface area contributed by atoms with E-state index in [1.807, 2.05) is 36.1 Å². The fourth-order valence-corrected chi connectivity index (χ4v) is 5.69. The third-order valence-corrected chi connectivity index (χ3v) is 8.36. The Morgan fingerprint density at radius 1 is 1.00 bits per heavy atom. The van der Waals surface area contributed by atoms with Crippen molar-refractivity contribution in [1.29, 1.82) is 0 Å². The Kier molecular flexibility index (Phi) is 7.38. The Labute approximate surface area is 202 Å². The van der Waals surface area contributed by atoms with Crippen molar-refractivity contribution in [3.8, 4) is 0 Å².